The number of para-hydroxylation sites is 1. The molecule has 1 aromatic carbocycles. The highest BCUT2D eigenvalue weighted by Gasteiger charge is 2.21. The number of amides is 1. The Morgan fingerprint density at radius 2 is 2.08 bits per heavy atom. The molecular weight excluding hydrogens is 322 g/mol. The number of rotatable bonds is 5. The first-order chi connectivity index (χ1) is 12.4. The summed E-state index contributed by atoms with van der Waals surface area (Å²) in [6, 6.07) is 10.1. The summed E-state index contributed by atoms with van der Waals surface area (Å²) in [5, 5.41) is 4.10. The van der Waals surface area contributed by atoms with Gasteiger partial charge in [0.1, 0.15) is 5.82 Å². The third-order valence-corrected chi connectivity index (χ3v) is 5.13. The molecule has 1 amide bonds. The highest BCUT2D eigenvalue weighted by molar-refractivity contribution is 6.07. The molecule has 1 saturated heterocycles. The number of aromatic nitrogens is 1. The first-order valence-corrected chi connectivity index (χ1v) is 9.89. The van der Waals surface area contributed by atoms with E-state index in [4.69, 9.17) is 4.98 Å². The van der Waals surface area contributed by atoms with Crippen molar-refractivity contribution in [1.82, 2.24) is 10.3 Å². The molecule has 26 heavy (non-hydrogen) atoms. The molecule has 0 bridgehead atoms. The van der Waals surface area contributed by atoms with Crippen LogP contribution < -0.4 is 10.2 Å². The number of nitrogens with zero attached hydrogens (tertiary/aromatic N) is 2. The van der Waals surface area contributed by atoms with E-state index < -0.39 is 0 Å². The van der Waals surface area contributed by atoms with Gasteiger partial charge in [0, 0.05) is 24.5 Å². The number of hydrogen-bond donors (Lipinski definition) is 1. The van der Waals surface area contributed by atoms with Crippen LogP contribution >= 0.6 is 0 Å². The molecule has 140 valence electrons. The van der Waals surface area contributed by atoms with Crippen LogP contribution in [0.2, 0.25) is 0 Å². The van der Waals surface area contributed by atoms with Gasteiger partial charge in [0.15, 0.2) is 0 Å². The monoisotopic (exact) mass is 353 g/mol. The number of fused-ring (bicyclic) bond motifs is 1. The van der Waals surface area contributed by atoms with Crippen LogP contribution in [-0.4, -0.2) is 30.0 Å². The fourth-order valence-corrected chi connectivity index (χ4v) is 3.98. The molecule has 4 nitrogen and oxygen atoms in total. The number of benzene rings is 1. The first kappa shape index (κ1) is 18.7. The van der Waals surface area contributed by atoms with Gasteiger partial charge >= 0.3 is 0 Å². The second-order valence-electron chi connectivity index (χ2n) is 8.24. The van der Waals surface area contributed by atoms with Crippen molar-refractivity contribution in [3.05, 3.63) is 35.9 Å². The molecule has 2 aromatic rings. The molecule has 0 saturated carbocycles. The van der Waals surface area contributed by atoms with Gasteiger partial charge in [0.2, 0.25) is 0 Å². The molecule has 0 radical (unpaired) electrons. The van der Waals surface area contributed by atoms with Gasteiger partial charge in [-0.2, -0.15) is 0 Å². The fourth-order valence-electron chi connectivity index (χ4n) is 3.98. The van der Waals surface area contributed by atoms with Crippen LogP contribution in [0.1, 0.15) is 57.3 Å². The molecule has 4 heteroatoms. The molecule has 1 aromatic heterocycles. The SMILES string of the molecule is CC(C)C[C@@H](C)NC(=O)c1cc(N2CCC[C@@H](C)C2)nc2ccccc12. The first-order valence-electron chi connectivity index (χ1n) is 9.89. The van der Waals surface area contributed by atoms with Gasteiger partial charge in [-0.15, -0.1) is 0 Å². The molecule has 0 aliphatic carbocycles. The Morgan fingerprint density at radius 1 is 1.31 bits per heavy atom. The second-order valence-corrected chi connectivity index (χ2v) is 8.24. The lowest BCUT2D eigenvalue weighted by atomic mass is 10.00. The minimum absolute atomic E-state index is 0.00283. The van der Waals surface area contributed by atoms with E-state index in [0.29, 0.717) is 11.8 Å². The number of piperidine rings is 1. The maximum atomic E-state index is 13.0. The third kappa shape index (κ3) is 4.35. The van der Waals surface area contributed by atoms with Gasteiger partial charge in [0.05, 0.1) is 11.1 Å². The Labute approximate surface area is 157 Å². The van der Waals surface area contributed by atoms with Gasteiger partial charge in [0.25, 0.3) is 5.91 Å². The minimum Gasteiger partial charge on any atom is -0.356 e. The lowest BCUT2D eigenvalue weighted by Crippen LogP contribution is -2.36. The number of anilines is 1. The summed E-state index contributed by atoms with van der Waals surface area (Å²) in [5.74, 6) is 2.16. The van der Waals surface area contributed by atoms with Crippen molar-refractivity contribution in [2.24, 2.45) is 11.8 Å². The quantitative estimate of drug-likeness (QED) is 0.852. The van der Waals surface area contributed by atoms with E-state index in [1.165, 1.54) is 12.8 Å². The van der Waals surface area contributed by atoms with Crippen molar-refractivity contribution in [1.29, 1.82) is 0 Å². The van der Waals surface area contributed by atoms with E-state index in [0.717, 1.165) is 41.8 Å². The number of carbonyl (C=O) groups is 1. The fraction of sp³-hybridized carbons (Fsp3) is 0.545. The van der Waals surface area contributed by atoms with Crippen molar-refractivity contribution in [2.75, 3.05) is 18.0 Å². The molecule has 1 N–H and O–H groups in total. The summed E-state index contributed by atoms with van der Waals surface area (Å²) in [4.78, 5) is 20.2. The van der Waals surface area contributed by atoms with Crippen LogP contribution in [0.3, 0.4) is 0 Å². The van der Waals surface area contributed by atoms with Crippen LogP contribution in [0.4, 0.5) is 5.82 Å². The molecule has 0 spiro atoms. The zero-order chi connectivity index (χ0) is 18.7. The van der Waals surface area contributed by atoms with Gasteiger partial charge in [-0.1, -0.05) is 39.0 Å². The van der Waals surface area contributed by atoms with E-state index in [2.05, 4.69) is 37.9 Å². The Balaban J connectivity index is 1.93. The van der Waals surface area contributed by atoms with Crippen molar-refractivity contribution < 1.29 is 4.79 Å². The minimum atomic E-state index is 0.00283. The highest BCUT2D eigenvalue weighted by Crippen LogP contribution is 2.26. The lowest BCUT2D eigenvalue weighted by Gasteiger charge is -2.32. The van der Waals surface area contributed by atoms with Crippen molar-refractivity contribution in [2.45, 2.75) is 53.0 Å². The molecule has 0 unspecified atom stereocenters. The number of hydrogen-bond acceptors (Lipinski definition) is 3. The normalized spacial score (nSPS) is 19.0. The van der Waals surface area contributed by atoms with E-state index in [9.17, 15) is 4.79 Å². The predicted octanol–water partition coefficient (Wildman–Crippen LogP) is 4.64. The Hall–Kier alpha value is -2.10. The molecule has 1 aliphatic heterocycles. The zero-order valence-corrected chi connectivity index (χ0v) is 16.5. The largest absolute Gasteiger partial charge is 0.356 e. The van der Waals surface area contributed by atoms with Gasteiger partial charge in [-0.05, 0) is 50.2 Å². The van der Waals surface area contributed by atoms with E-state index in [1.54, 1.807) is 0 Å². The number of pyridine rings is 1. The average Bonchev–Trinajstić information content (AvgIpc) is 2.60. The lowest BCUT2D eigenvalue weighted by molar-refractivity contribution is 0.0937. The Kier molecular flexibility index (Phi) is 5.80. The van der Waals surface area contributed by atoms with Gasteiger partial charge in [-0.3, -0.25) is 4.79 Å². The number of nitrogens with one attached hydrogen (secondary N) is 1. The Bertz CT molecular complexity index is 771. The highest BCUT2D eigenvalue weighted by atomic mass is 16.1. The van der Waals surface area contributed by atoms with Crippen LogP contribution in [0.15, 0.2) is 30.3 Å². The second kappa shape index (κ2) is 8.07. The summed E-state index contributed by atoms with van der Waals surface area (Å²) in [6.07, 6.45) is 3.43. The van der Waals surface area contributed by atoms with E-state index in [-0.39, 0.29) is 11.9 Å². The molecule has 2 atom stereocenters. The van der Waals surface area contributed by atoms with Crippen LogP contribution in [0, 0.1) is 11.8 Å². The summed E-state index contributed by atoms with van der Waals surface area (Å²) in [7, 11) is 0. The molecule has 3 rings (SSSR count). The average molecular weight is 354 g/mol. The smallest absolute Gasteiger partial charge is 0.252 e. The summed E-state index contributed by atoms with van der Waals surface area (Å²) in [5.41, 5.74) is 1.63. The van der Waals surface area contributed by atoms with Gasteiger partial charge < -0.3 is 10.2 Å². The molecule has 1 aliphatic rings. The maximum Gasteiger partial charge on any atom is 0.252 e. The Morgan fingerprint density at radius 3 is 2.81 bits per heavy atom. The zero-order valence-electron chi connectivity index (χ0n) is 16.5. The van der Waals surface area contributed by atoms with Gasteiger partial charge in [-0.25, -0.2) is 4.98 Å². The maximum absolute atomic E-state index is 13.0. The van der Waals surface area contributed by atoms with Crippen LogP contribution in [0.5, 0.6) is 0 Å². The van der Waals surface area contributed by atoms with Crippen LogP contribution in [-0.2, 0) is 0 Å². The topological polar surface area (TPSA) is 45.2 Å². The van der Waals surface area contributed by atoms with E-state index >= 15 is 0 Å². The van der Waals surface area contributed by atoms with Crippen molar-refractivity contribution >= 4 is 22.6 Å². The number of carbonyl (C=O) groups excluding carboxylic acids is 1. The molecule has 1 fully saturated rings. The third-order valence-electron chi connectivity index (χ3n) is 5.13. The summed E-state index contributed by atoms with van der Waals surface area (Å²) >= 11 is 0. The molecular formula is C22H31N3O. The van der Waals surface area contributed by atoms with Crippen molar-refractivity contribution in [3.8, 4) is 0 Å². The predicted molar refractivity (Wildman–Crippen MR) is 109 cm³/mol. The van der Waals surface area contributed by atoms with Crippen LogP contribution in [0.25, 0.3) is 10.9 Å². The molecule has 2 heterocycles. The van der Waals surface area contributed by atoms with E-state index in [1.807, 2.05) is 30.3 Å². The van der Waals surface area contributed by atoms with Crippen molar-refractivity contribution in [3.63, 3.8) is 0 Å². The summed E-state index contributed by atoms with van der Waals surface area (Å²) in [6.45, 7) is 10.7. The standard InChI is InChI=1S/C22H31N3O/c1-15(2)12-17(4)23-22(26)19-13-21(25-11-7-8-16(3)14-25)24-20-10-6-5-9-18(19)20/h5-6,9-10,13,15-17H,7-8,11-12,14H2,1-4H3,(H,23,26)/t16-,17-/m1/s1. The summed E-state index contributed by atoms with van der Waals surface area (Å²) < 4.78 is 0.